The van der Waals surface area contributed by atoms with Gasteiger partial charge in [-0.3, -0.25) is 4.79 Å². The Labute approximate surface area is 141 Å². The van der Waals surface area contributed by atoms with E-state index in [1.807, 2.05) is 18.2 Å². The van der Waals surface area contributed by atoms with Gasteiger partial charge in [0.2, 0.25) is 5.91 Å². The molecule has 23 heavy (non-hydrogen) atoms. The van der Waals surface area contributed by atoms with Gasteiger partial charge in [-0.1, -0.05) is 57.0 Å². The van der Waals surface area contributed by atoms with Crippen LogP contribution < -0.4 is 5.32 Å². The van der Waals surface area contributed by atoms with E-state index in [2.05, 4.69) is 36.2 Å². The van der Waals surface area contributed by atoms with Crippen LogP contribution in [-0.2, 0) is 4.79 Å². The smallest absolute Gasteiger partial charge is 0.227 e. The lowest BCUT2D eigenvalue weighted by atomic mass is 9.93. The maximum absolute atomic E-state index is 12.6. The number of likely N-dealkylation sites (tertiary alicyclic amines) is 1. The van der Waals surface area contributed by atoms with Crippen LogP contribution in [0.15, 0.2) is 30.3 Å². The summed E-state index contributed by atoms with van der Waals surface area (Å²) in [7, 11) is 0. The number of rotatable bonds is 8. The Kier molecular flexibility index (Phi) is 7.60. The summed E-state index contributed by atoms with van der Waals surface area (Å²) in [5, 5.41) is 3.19. The summed E-state index contributed by atoms with van der Waals surface area (Å²) < 4.78 is 0. The first kappa shape index (κ1) is 18.0. The molecular formula is C20H32N2O. The Balaban J connectivity index is 1.81. The fourth-order valence-electron chi connectivity index (χ4n) is 3.47. The van der Waals surface area contributed by atoms with E-state index in [1.54, 1.807) is 0 Å². The van der Waals surface area contributed by atoms with Gasteiger partial charge in [0, 0.05) is 13.1 Å². The largest absolute Gasteiger partial charge is 0.355 e. The molecular weight excluding hydrogens is 284 g/mol. The van der Waals surface area contributed by atoms with Crippen LogP contribution in [0.3, 0.4) is 0 Å². The van der Waals surface area contributed by atoms with Gasteiger partial charge in [-0.2, -0.15) is 0 Å². The standard InChI is InChI=1S/C20H32N2O/c1-3-10-19(18-11-6-4-7-12-18)20(23)21-15-17(2)16-22-13-8-5-9-14-22/h4,6-7,11-12,17,19H,3,5,8-10,13-16H2,1-2H3,(H,21,23). The summed E-state index contributed by atoms with van der Waals surface area (Å²) in [6, 6.07) is 10.2. The molecule has 2 rings (SSSR count). The van der Waals surface area contributed by atoms with Crippen LogP contribution in [0.4, 0.5) is 0 Å². The summed E-state index contributed by atoms with van der Waals surface area (Å²) in [6.45, 7) is 8.71. The second-order valence-electron chi connectivity index (χ2n) is 6.96. The van der Waals surface area contributed by atoms with Gasteiger partial charge < -0.3 is 10.2 Å². The second-order valence-corrected chi connectivity index (χ2v) is 6.96. The van der Waals surface area contributed by atoms with Gasteiger partial charge in [-0.05, 0) is 43.8 Å². The number of nitrogens with one attached hydrogen (secondary N) is 1. The zero-order chi connectivity index (χ0) is 16.5. The minimum absolute atomic E-state index is 0.0108. The molecule has 1 aromatic rings. The van der Waals surface area contributed by atoms with Crippen LogP contribution in [0.25, 0.3) is 0 Å². The van der Waals surface area contributed by atoms with Crippen LogP contribution in [0, 0.1) is 5.92 Å². The lowest BCUT2D eigenvalue weighted by molar-refractivity contribution is -0.122. The van der Waals surface area contributed by atoms with Crippen molar-refractivity contribution >= 4 is 5.91 Å². The van der Waals surface area contributed by atoms with Gasteiger partial charge in [0.15, 0.2) is 0 Å². The van der Waals surface area contributed by atoms with Crippen LogP contribution in [0.1, 0.15) is 57.4 Å². The quantitative estimate of drug-likeness (QED) is 0.791. The fraction of sp³-hybridized carbons (Fsp3) is 0.650. The van der Waals surface area contributed by atoms with Crippen LogP contribution in [-0.4, -0.2) is 37.0 Å². The third-order valence-corrected chi connectivity index (χ3v) is 4.74. The minimum atomic E-state index is -0.0108. The Morgan fingerprint density at radius 2 is 1.87 bits per heavy atom. The zero-order valence-corrected chi connectivity index (χ0v) is 14.8. The predicted molar refractivity (Wildman–Crippen MR) is 96.6 cm³/mol. The van der Waals surface area contributed by atoms with E-state index in [4.69, 9.17) is 0 Å². The molecule has 3 heteroatoms. The Hall–Kier alpha value is -1.35. The van der Waals surface area contributed by atoms with Crippen molar-refractivity contribution in [3.63, 3.8) is 0 Å². The average molecular weight is 316 g/mol. The molecule has 1 N–H and O–H groups in total. The minimum Gasteiger partial charge on any atom is -0.355 e. The number of carbonyl (C=O) groups is 1. The molecule has 0 aliphatic carbocycles. The summed E-state index contributed by atoms with van der Waals surface area (Å²) in [5.74, 6) is 0.682. The summed E-state index contributed by atoms with van der Waals surface area (Å²) in [4.78, 5) is 15.1. The van der Waals surface area contributed by atoms with E-state index < -0.39 is 0 Å². The van der Waals surface area contributed by atoms with Crippen molar-refractivity contribution in [2.24, 2.45) is 5.92 Å². The summed E-state index contributed by atoms with van der Waals surface area (Å²) >= 11 is 0. The van der Waals surface area contributed by atoms with Gasteiger partial charge >= 0.3 is 0 Å². The van der Waals surface area contributed by atoms with Crippen LogP contribution in [0.5, 0.6) is 0 Å². The molecule has 1 heterocycles. The van der Waals surface area contributed by atoms with Crippen molar-refractivity contribution in [3.05, 3.63) is 35.9 Å². The molecule has 1 aliphatic rings. The molecule has 2 atom stereocenters. The highest BCUT2D eigenvalue weighted by Gasteiger charge is 2.20. The van der Waals surface area contributed by atoms with Crippen LogP contribution >= 0.6 is 0 Å². The molecule has 0 saturated carbocycles. The van der Waals surface area contributed by atoms with Crippen molar-refractivity contribution in [1.82, 2.24) is 10.2 Å². The highest BCUT2D eigenvalue weighted by atomic mass is 16.1. The molecule has 0 aromatic heterocycles. The van der Waals surface area contributed by atoms with Crippen molar-refractivity contribution in [1.29, 1.82) is 0 Å². The molecule has 1 aliphatic heterocycles. The molecule has 2 unspecified atom stereocenters. The Bertz CT molecular complexity index is 454. The number of nitrogens with zero attached hydrogens (tertiary/aromatic N) is 1. The summed E-state index contributed by atoms with van der Waals surface area (Å²) in [5.41, 5.74) is 1.13. The third-order valence-electron chi connectivity index (χ3n) is 4.74. The van der Waals surface area contributed by atoms with E-state index in [9.17, 15) is 4.79 Å². The first-order valence-corrected chi connectivity index (χ1v) is 9.25. The number of carbonyl (C=O) groups excluding carboxylic acids is 1. The van der Waals surface area contributed by atoms with Gasteiger partial charge in [-0.15, -0.1) is 0 Å². The number of hydrogen-bond donors (Lipinski definition) is 1. The van der Waals surface area contributed by atoms with E-state index >= 15 is 0 Å². The van der Waals surface area contributed by atoms with Crippen molar-refractivity contribution < 1.29 is 4.79 Å². The molecule has 128 valence electrons. The van der Waals surface area contributed by atoms with Crippen molar-refractivity contribution in [2.75, 3.05) is 26.2 Å². The zero-order valence-electron chi connectivity index (χ0n) is 14.8. The second kappa shape index (κ2) is 9.71. The number of piperidine rings is 1. The molecule has 1 fully saturated rings. The first-order valence-electron chi connectivity index (χ1n) is 9.25. The molecule has 0 radical (unpaired) electrons. The van der Waals surface area contributed by atoms with E-state index in [0.29, 0.717) is 5.92 Å². The summed E-state index contributed by atoms with van der Waals surface area (Å²) in [6.07, 6.45) is 5.96. The monoisotopic (exact) mass is 316 g/mol. The molecule has 0 bridgehead atoms. The Morgan fingerprint density at radius 1 is 1.17 bits per heavy atom. The topological polar surface area (TPSA) is 32.3 Å². The first-order chi connectivity index (χ1) is 11.2. The maximum Gasteiger partial charge on any atom is 0.227 e. The van der Waals surface area contributed by atoms with Crippen molar-refractivity contribution in [2.45, 2.75) is 51.9 Å². The Morgan fingerprint density at radius 3 is 2.52 bits per heavy atom. The van der Waals surface area contributed by atoms with Crippen molar-refractivity contribution in [3.8, 4) is 0 Å². The van der Waals surface area contributed by atoms with Gasteiger partial charge in [0.05, 0.1) is 5.92 Å². The lowest BCUT2D eigenvalue weighted by Crippen LogP contribution is -2.39. The SMILES string of the molecule is CCCC(C(=O)NCC(C)CN1CCCCC1)c1ccccc1. The highest BCUT2D eigenvalue weighted by Crippen LogP contribution is 2.21. The lowest BCUT2D eigenvalue weighted by Gasteiger charge is -2.29. The number of amides is 1. The number of hydrogen-bond acceptors (Lipinski definition) is 2. The van der Waals surface area contributed by atoms with Gasteiger partial charge in [0.25, 0.3) is 0 Å². The molecule has 1 amide bonds. The normalized spacial score (nSPS) is 18.3. The van der Waals surface area contributed by atoms with E-state index in [1.165, 1.54) is 32.4 Å². The molecule has 0 spiro atoms. The average Bonchev–Trinajstić information content (AvgIpc) is 2.59. The van der Waals surface area contributed by atoms with E-state index in [0.717, 1.165) is 31.5 Å². The molecule has 1 saturated heterocycles. The third kappa shape index (κ3) is 5.98. The van der Waals surface area contributed by atoms with Gasteiger partial charge in [-0.25, -0.2) is 0 Å². The maximum atomic E-state index is 12.6. The predicted octanol–water partition coefficient (Wildman–Crippen LogP) is 3.81. The van der Waals surface area contributed by atoms with Crippen LogP contribution in [0.2, 0.25) is 0 Å². The number of benzene rings is 1. The van der Waals surface area contributed by atoms with Gasteiger partial charge in [0.1, 0.15) is 0 Å². The highest BCUT2D eigenvalue weighted by molar-refractivity contribution is 5.83. The fourth-order valence-corrected chi connectivity index (χ4v) is 3.47. The van der Waals surface area contributed by atoms with E-state index in [-0.39, 0.29) is 11.8 Å². The molecule has 3 nitrogen and oxygen atoms in total. The molecule has 1 aromatic carbocycles.